The summed E-state index contributed by atoms with van der Waals surface area (Å²) in [7, 11) is 0. The first-order valence-corrected chi connectivity index (χ1v) is 10.1. The number of aryl methyl sites for hydroxylation is 1. The molecule has 0 aliphatic carbocycles. The number of hydrogen-bond acceptors (Lipinski definition) is 7. The van der Waals surface area contributed by atoms with Crippen LogP contribution in [0.1, 0.15) is 48.3 Å². The van der Waals surface area contributed by atoms with Crippen LogP contribution in [-0.2, 0) is 16.1 Å². The number of hydrogen-bond donors (Lipinski definition) is 1. The van der Waals surface area contributed by atoms with E-state index in [9.17, 15) is 14.4 Å². The number of nitrogens with one attached hydrogen (secondary N) is 1. The summed E-state index contributed by atoms with van der Waals surface area (Å²) in [6.07, 6.45) is 2.52. The van der Waals surface area contributed by atoms with E-state index in [1.807, 2.05) is 13.8 Å². The number of carbonyl (C=O) groups excluding carboxylic acids is 2. The molecule has 2 heterocycles. The Bertz CT molecular complexity index is 1170. The summed E-state index contributed by atoms with van der Waals surface area (Å²) < 4.78 is 16.2. The van der Waals surface area contributed by atoms with Crippen molar-refractivity contribution in [3.05, 3.63) is 63.8 Å². The van der Waals surface area contributed by atoms with E-state index in [0.717, 1.165) is 0 Å². The van der Waals surface area contributed by atoms with Crippen molar-refractivity contribution in [1.82, 2.24) is 4.98 Å². The van der Waals surface area contributed by atoms with Gasteiger partial charge in [-0.2, -0.15) is 0 Å². The predicted molar refractivity (Wildman–Crippen MR) is 115 cm³/mol. The van der Waals surface area contributed by atoms with Crippen LogP contribution in [0.5, 0.6) is 5.75 Å². The number of carbonyl (C=O) groups is 2. The molecule has 0 radical (unpaired) electrons. The van der Waals surface area contributed by atoms with Crippen LogP contribution in [0.25, 0.3) is 11.0 Å². The van der Waals surface area contributed by atoms with Crippen molar-refractivity contribution >= 4 is 28.5 Å². The van der Waals surface area contributed by atoms with Crippen LogP contribution in [0.3, 0.4) is 0 Å². The lowest BCUT2D eigenvalue weighted by atomic mass is 10.1. The third kappa shape index (κ3) is 5.09. The van der Waals surface area contributed by atoms with Crippen molar-refractivity contribution < 1.29 is 23.5 Å². The zero-order valence-electron chi connectivity index (χ0n) is 17.7. The number of anilines is 1. The Morgan fingerprint density at radius 1 is 1.19 bits per heavy atom. The van der Waals surface area contributed by atoms with Crippen molar-refractivity contribution in [2.75, 3.05) is 11.9 Å². The van der Waals surface area contributed by atoms with Gasteiger partial charge in [0.05, 0.1) is 18.0 Å². The molecule has 0 spiro atoms. The highest BCUT2D eigenvalue weighted by Crippen LogP contribution is 2.25. The number of esters is 1. The van der Waals surface area contributed by atoms with Gasteiger partial charge in [0.2, 0.25) is 0 Å². The summed E-state index contributed by atoms with van der Waals surface area (Å²) in [5.41, 5.74) is 0.755. The molecule has 8 heteroatoms. The van der Waals surface area contributed by atoms with E-state index >= 15 is 0 Å². The first kappa shape index (κ1) is 22.0. The Morgan fingerprint density at radius 3 is 2.71 bits per heavy atom. The maximum atomic E-state index is 12.9. The minimum atomic E-state index is -0.788. The van der Waals surface area contributed by atoms with Gasteiger partial charge in [0.15, 0.2) is 5.58 Å². The molecule has 31 heavy (non-hydrogen) atoms. The maximum absolute atomic E-state index is 12.9. The summed E-state index contributed by atoms with van der Waals surface area (Å²) in [5, 5.41) is 3.18. The average molecular weight is 424 g/mol. The Morgan fingerprint density at radius 2 is 1.97 bits per heavy atom. The van der Waals surface area contributed by atoms with Gasteiger partial charge in [-0.25, -0.2) is 4.79 Å². The average Bonchev–Trinajstić information content (AvgIpc) is 2.75. The quantitative estimate of drug-likeness (QED) is 0.545. The Labute approximate surface area is 179 Å². The third-order valence-corrected chi connectivity index (χ3v) is 4.56. The van der Waals surface area contributed by atoms with Crippen LogP contribution in [0.2, 0.25) is 0 Å². The molecule has 0 saturated carbocycles. The van der Waals surface area contributed by atoms with Gasteiger partial charge in [-0.3, -0.25) is 14.6 Å². The fourth-order valence-electron chi connectivity index (χ4n) is 3.03. The zero-order valence-corrected chi connectivity index (χ0v) is 17.7. The molecule has 8 nitrogen and oxygen atoms in total. The monoisotopic (exact) mass is 424 g/mol. The van der Waals surface area contributed by atoms with Crippen molar-refractivity contribution in [2.24, 2.45) is 0 Å². The molecule has 0 aliphatic heterocycles. The van der Waals surface area contributed by atoms with E-state index in [2.05, 4.69) is 10.3 Å². The van der Waals surface area contributed by atoms with Gasteiger partial charge in [-0.15, -0.1) is 0 Å². The number of aromatic nitrogens is 1. The van der Waals surface area contributed by atoms with Crippen molar-refractivity contribution in [3.8, 4) is 5.75 Å². The summed E-state index contributed by atoms with van der Waals surface area (Å²) in [5.74, 6) is -0.475. The Balaban J connectivity index is 1.96. The lowest BCUT2D eigenvalue weighted by Crippen LogP contribution is -2.21. The highest BCUT2D eigenvalue weighted by molar-refractivity contribution is 6.06. The minimum absolute atomic E-state index is 0.0371. The SMILES string of the molecule is CCCC(=O)OCc1cnc(C)c2oc(=O)c(C(=O)Nc3ccccc3OCC)cc12. The molecule has 0 saturated heterocycles. The lowest BCUT2D eigenvalue weighted by molar-refractivity contribution is -0.144. The number of fused-ring (bicyclic) bond motifs is 1. The molecule has 1 N–H and O–H groups in total. The molecule has 1 aromatic carbocycles. The first-order chi connectivity index (χ1) is 14.9. The van der Waals surface area contributed by atoms with E-state index in [1.165, 1.54) is 6.07 Å². The van der Waals surface area contributed by atoms with E-state index < -0.39 is 11.5 Å². The number of ether oxygens (including phenoxy) is 2. The summed E-state index contributed by atoms with van der Waals surface area (Å²) in [6, 6.07) is 8.38. The molecular formula is C23H24N2O6. The molecule has 0 aliphatic rings. The summed E-state index contributed by atoms with van der Waals surface area (Å²) in [6.45, 7) is 5.80. The smallest absolute Gasteiger partial charge is 0.349 e. The second-order valence-electron chi connectivity index (χ2n) is 6.85. The standard InChI is InChI=1S/C23H24N2O6/c1-4-8-20(26)30-13-15-12-24-14(3)21-16(15)11-17(23(28)31-21)22(27)25-18-9-6-7-10-19(18)29-5-2/h6-7,9-12H,4-5,8,13H2,1-3H3,(H,25,27). The molecule has 1 amide bonds. The predicted octanol–water partition coefficient (Wildman–Crippen LogP) is 3.99. The van der Waals surface area contributed by atoms with E-state index in [4.69, 9.17) is 13.9 Å². The largest absolute Gasteiger partial charge is 0.492 e. The van der Waals surface area contributed by atoms with Gasteiger partial charge in [-0.05, 0) is 38.5 Å². The first-order valence-electron chi connectivity index (χ1n) is 10.1. The molecule has 0 atom stereocenters. The van der Waals surface area contributed by atoms with Gasteiger partial charge in [-0.1, -0.05) is 19.1 Å². The van der Waals surface area contributed by atoms with E-state index in [-0.39, 0.29) is 23.7 Å². The number of amides is 1. The van der Waals surface area contributed by atoms with Crippen molar-refractivity contribution in [3.63, 3.8) is 0 Å². The van der Waals surface area contributed by atoms with Gasteiger partial charge < -0.3 is 19.2 Å². The van der Waals surface area contributed by atoms with Gasteiger partial charge in [0.1, 0.15) is 17.9 Å². The number of rotatable bonds is 8. The van der Waals surface area contributed by atoms with E-state index in [1.54, 1.807) is 37.4 Å². The normalized spacial score (nSPS) is 10.7. The van der Waals surface area contributed by atoms with Gasteiger partial charge in [0.25, 0.3) is 5.91 Å². The second-order valence-corrected chi connectivity index (χ2v) is 6.85. The topological polar surface area (TPSA) is 108 Å². The van der Waals surface area contributed by atoms with Crippen LogP contribution in [-0.4, -0.2) is 23.5 Å². The molecule has 162 valence electrons. The van der Waals surface area contributed by atoms with Crippen LogP contribution in [0, 0.1) is 6.92 Å². The molecular weight excluding hydrogens is 400 g/mol. The molecule has 3 aromatic rings. The number of nitrogens with zero attached hydrogens (tertiary/aromatic N) is 1. The third-order valence-electron chi connectivity index (χ3n) is 4.56. The fraction of sp³-hybridized carbons (Fsp3) is 0.304. The Hall–Kier alpha value is -3.68. The number of benzene rings is 1. The highest BCUT2D eigenvalue weighted by Gasteiger charge is 2.19. The number of para-hydroxylation sites is 2. The summed E-state index contributed by atoms with van der Waals surface area (Å²) in [4.78, 5) is 41.3. The van der Waals surface area contributed by atoms with Gasteiger partial charge >= 0.3 is 11.6 Å². The highest BCUT2D eigenvalue weighted by atomic mass is 16.5. The fourth-order valence-corrected chi connectivity index (χ4v) is 3.03. The second kappa shape index (κ2) is 9.88. The Kier molecular flexibility index (Phi) is 7.02. The molecule has 0 bridgehead atoms. The van der Waals surface area contributed by atoms with Crippen LogP contribution in [0.15, 0.2) is 45.7 Å². The molecule has 0 fully saturated rings. The van der Waals surface area contributed by atoms with Crippen molar-refractivity contribution in [2.45, 2.75) is 40.2 Å². The summed E-state index contributed by atoms with van der Waals surface area (Å²) >= 11 is 0. The van der Waals surface area contributed by atoms with E-state index in [0.29, 0.717) is 47.5 Å². The maximum Gasteiger partial charge on any atom is 0.349 e. The zero-order chi connectivity index (χ0) is 22.4. The lowest BCUT2D eigenvalue weighted by Gasteiger charge is -2.12. The molecule has 0 unspecified atom stereocenters. The van der Waals surface area contributed by atoms with Crippen LogP contribution >= 0.6 is 0 Å². The minimum Gasteiger partial charge on any atom is -0.492 e. The number of pyridine rings is 1. The van der Waals surface area contributed by atoms with Crippen LogP contribution in [0.4, 0.5) is 5.69 Å². The van der Waals surface area contributed by atoms with Gasteiger partial charge in [0, 0.05) is 23.6 Å². The molecule has 2 aromatic heterocycles. The molecule has 3 rings (SSSR count). The van der Waals surface area contributed by atoms with Crippen molar-refractivity contribution in [1.29, 1.82) is 0 Å². The van der Waals surface area contributed by atoms with Crippen LogP contribution < -0.4 is 15.7 Å².